The van der Waals surface area contributed by atoms with Crippen molar-refractivity contribution in [2.24, 2.45) is 11.8 Å². The molecule has 0 aromatic heterocycles. The highest BCUT2D eigenvalue weighted by atomic mass is 28.4. The largest absolute Gasteiger partial charge is 0.413 e. The number of carbonyl (C=O) groups excluding carboxylic acids is 1. The van der Waals surface area contributed by atoms with E-state index >= 15 is 0 Å². The summed E-state index contributed by atoms with van der Waals surface area (Å²) in [6.07, 6.45) is 4.45. The lowest BCUT2D eigenvalue weighted by Crippen LogP contribution is -2.67. The van der Waals surface area contributed by atoms with Gasteiger partial charge in [0.15, 0.2) is 8.32 Å². The molecule has 0 aromatic rings. The molecule has 0 radical (unpaired) electrons. The quantitative estimate of drug-likeness (QED) is 0.491. The van der Waals surface area contributed by atoms with Crippen LogP contribution in [-0.2, 0) is 14.0 Å². The third-order valence-electron chi connectivity index (χ3n) is 6.32. The van der Waals surface area contributed by atoms with Crippen LogP contribution in [0.25, 0.3) is 0 Å². The Kier molecular flexibility index (Phi) is 3.98. The summed E-state index contributed by atoms with van der Waals surface area (Å²) in [6, 6.07) is 0.252. The number of carbonyl (C=O) groups is 1. The van der Waals surface area contributed by atoms with E-state index in [9.17, 15) is 4.79 Å². The Bertz CT molecular complexity index is 459. The molecule has 1 saturated carbocycles. The van der Waals surface area contributed by atoms with Crippen molar-refractivity contribution in [2.75, 3.05) is 0 Å². The standard InChI is InChI=1S/C17H31NO3Si/c1-10(21-22(5,6)17(2,3)4)13-14(18-16(13)19)11-8-7-9-12-15(11)20-12/h10-15H,7-9H2,1-6H3,(H,18,19)/t10-,11-,12+,13-,14-,15-/m1/s1. The summed E-state index contributed by atoms with van der Waals surface area (Å²) in [4.78, 5) is 12.2. The number of amides is 1. The fraction of sp³-hybridized carbons (Fsp3) is 0.941. The number of β-lactam (4-membered cyclic amide) rings is 1. The van der Waals surface area contributed by atoms with E-state index in [1.807, 2.05) is 0 Å². The van der Waals surface area contributed by atoms with Crippen LogP contribution >= 0.6 is 0 Å². The van der Waals surface area contributed by atoms with Crippen molar-refractivity contribution in [3.63, 3.8) is 0 Å². The van der Waals surface area contributed by atoms with E-state index in [1.54, 1.807) is 0 Å². The molecule has 0 unspecified atom stereocenters. The Morgan fingerprint density at radius 2 is 2.00 bits per heavy atom. The lowest BCUT2D eigenvalue weighted by molar-refractivity contribution is -0.142. The van der Waals surface area contributed by atoms with E-state index < -0.39 is 8.32 Å². The molecule has 2 saturated heterocycles. The van der Waals surface area contributed by atoms with Crippen molar-refractivity contribution >= 4 is 14.2 Å². The first-order valence-electron chi connectivity index (χ1n) is 8.75. The number of fused-ring (bicyclic) bond motifs is 1. The first-order valence-corrected chi connectivity index (χ1v) is 11.7. The average Bonchev–Trinajstić information content (AvgIpc) is 3.12. The minimum absolute atomic E-state index is 0.00114. The van der Waals surface area contributed by atoms with Gasteiger partial charge in [-0.3, -0.25) is 4.79 Å². The van der Waals surface area contributed by atoms with Crippen LogP contribution in [0, 0.1) is 11.8 Å². The Morgan fingerprint density at radius 1 is 1.32 bits per heavy atom. The highest BCUT2D eigenvalue weighted by molar-refractivity contribution is 6.74. The topological polar surface area (TPSA) is 50.9 Å². The average molecular weight is 326 g/mol. The molecule has 3 aliphatic rings. The summed E-state index contributed by atoms with van der Waals surface area (Å²) in [5.41, 5.74) is 0. The molecule has 0 aromatic carbocycles. The maximum atomic E-state index is 12.2. The first-order chi connectivity index (χ1) is 10.1. The lowest BCUT2D eigenvalue weighted by Gasteiger charge is -2.48. The molecule has 2 heterocycles. The minimum Gasteiger partial charge on any atom is -0.413 e. The first kappa shape index (κ1) is 16.5. The molecule has 4 nitrogen and oxygen atoms in total. The summed E-state index contributed by atoms with van der Waals surface area (Å²) in [5, 5.41) is 3.31. The zero-order valence-electron chi connectivity index (χ0n) is 14.8. The van der Waals surface area contributed by atoms with Gasteiger partial charge >= 0.3 is 0 Å². The summed E-state index contributed by atoms with van der Waals surface area (Å²) in [6.45, 7) is 13.3. The Labute approximate surface area is 135 Å². The van der Waals surface area contributed by atoms with E-state index in [-0.39, 0.29) is 29.0 Å². The molecule has 126 valence electrons. The SMILES string of the molecule is C[C@@H](O[Si](C)(C)C(C)(C)C)[C@H]1C(=O)N[C@@H]1[C@H]1CCC[C@@H]2O[C@H]12. The second-order valence-corrected chi connectivity index (χ2v) is 13.6. The molecule has 3 fully saturated rings. The molecule has 22 heavy (non-hydrogen) atoms. The van der Waals surface area contributed by atoms with Crippen LogP contribution in [0.3, 0.4) is 0 Å². The summed E-state index contributed by atoms with van der Waals surface area (Å²) in [7, 11) is -1.84. The molecule has 1 aliphatic carbocycles. The van der Waals surface area contributed by atoms with Crippen molar-refractivity contribution in [1.82, 2.24) is 5.32 Å². The number of ether oxygens (including phenoxy) is 1. The lowest BCUT2D eigenvalue weighted by atomic mass is 9.72. The van der Waals surface area contributed by atoms with Crippen LogP contribution in [0.2, 0.25) is 18.1 Å². The molecule has 1 amide bonds. The minimum atomic E-state index is -1.84. The van der Waals surface area contributed by atoms with Crippen LogP contribution in [0.4, 0.5) is 0 Å². The smallest absolute Gasteiger partial charge is 0.228 e. The molecular formula is C17H31NO3Si. The van der Waals surface area contributed by atoms with Gasteiger partial charge in [-0.05, 0) is 37.9 Å². The van der Waals surface area contributed by atoms with Crippen LogP contribution in [0.1, 0.15) is 47.0 Å². The van der Waals surface area contributed by atoms with Gasteiger partial charge in [0, 0.05) is 12.0 Å². The van der Waals surface area contributed by atoms with Gasteiger partial charge in [-0.25, -0.2) is 0 Å². The van der Waals surface area contributed by atoms with Crippen molar-refractivity contribution in [3.8, 4) is 0 Å². The number of hydrogen-bond acceptors (Lipinski definition) is 3. The van der Waals surface area contributed by atoms with E-state index in [0.717, 1.165) is 0 Å². The zero-order chi connectivity index (χ0) is 16.3. The second kappa shape index (κ2) is 5.31. The van der Waals surface area contributed by atoms with Gasteiger partial charge in [0.1, 0.15) is 0 Å². The Hall–Kier alpha value is -0.393. The van der Waals surface area contributed by atoms with Crippen LogP contribution in [0.5, 0.6) is 0 Å². The molecule has 0 bridgehead atoms. The maximum absolute atomic E-state index is 12.2. The van der Waals surface area contributed by atoms with Gasteiger partial charge in [0.25, 0.3) is 0 Å². The fourth-order valence-corrected chi connectivity index (χ4v) is 5.31. The van der Waals surface area contributed by atoms with Crippen molar-refractivity contribution in [3.05, 3.63) is 0 Å². The second-order valence-electron chi connectivity index (χ2n) is 8.88. The van der Waals surface area contributed by atoms with E-state index in [2.05, 4.69) is 46.1 Å². The maximum Gasteiger partial charge on any atom is 0.228 e. The Balaban J connectivity index is 1.66. The van der Waals surface area contributed by atoms with Gasteiger partial charge in [-0.2, -0.15) is 0 Å². The number of nitrogens with one attached hydrogen (secondary N) is 1. The third-order valence-corrected chi connectivity index (χ3v) is 10.9. The van der Waals surface area contributed by atoms with Gasteiger partial charge < -0.3 is 14.5 Å². The summed E-state index contributed by atoms with van der Waals surface area (Å²) in [5.74, 6) is 0.660. The highest BCUT2D eigenvalue weighted by Gasteiger charge is 2.57. The van der Waals surface area contributed by atoms with Gasteiger partial charge in [0.2, 0.25) is 5.91 Å². The fourth-order valence-electron chi connectivity index (χ4n) is 3.88. The molecule has 0 spiro atoms. The van der Waals surface area contributed by atoms with Gasteiger partial charge in [-0.15, -0.1) is 0 Å². The molecule has 2 aliphatic heterocycles. The van der Waals surface area contributed by atoms with E-state index in [4.69, 9.17) is 9.16 Å². The number of epoxide rings is 1. The molecule has 1 N–H and O–H groups in total. The number of rotatable bonds is 4. The zero-order valence-corrected chi connectivity index (χ0v) is 15.8. The predicted octanol–water partition coefficient (Wildman–Crippen LogP) is 3.08. The molecule has 5 heteroatoms. The number of hydrogen-bond donors (Lipinski definition) is 1. The van der Waals surface area contributed by atoms with E-state index in [1.165, 1.54) is 19.3 Å². The third kappa shape index (κ3) is 2.76. The van der Waals surface area contributed by atoms with Crippen molar-refractivity contribution < 1.29 is 14.0 Å². The monoisotopic (exact) mass is 325 g/mol. The van der Waals surface area contributed by atoms with Crippen molar-refractivity contribution in [1.29, 1.82) is 0 Å². The predicted molar refractivity (Wildman–Crippen MR) is 89.2 cm³/mol. The highest BCUT2D eigenvalue weighted by Crippen LogP contribution is 2.46. The van der Waals surface area contributed by atoms with Crippen molar-refractivity contribution in [2.45, 2.75) is 89.4 Å². The normalized spacial score (nSPS) is 39.5. The Morgan fingerprint density at radius 3 is 2.59 bits per heavy atom. The molecule has 6 atom stereocenters. The van der Waals surface area contributed by atoms with Crippen LogP contribution < -0.4 is 5.32 Å². The van der Waals surface area contributed by atoms with E-state index in [0.29, 0.717) is 18.1 Å². The van der Waals surface area contributed by atoms with Gasteiger partial charge in [0.05, 0.1) is 24.2 Å². The van der Waals surface area contributed by atoms with Crippen LogP contribution in [-0.4, -0.2) is 38.6 Å². The molecule has 3 rings (SSSR count). The summed E-state index contributed by atoms with van der Waals surface area (Å²) >= 11 is 0. The molecular weight excluding hydrogens is 294 g/mol. The summed E-state index contributed by atoms with van der Waals surface area (Å²) < 4.78 is 12.3. The van der Waals surface area contributed by atoms with Crippen LogP contribution in [0.15, 0.2) is 0 Å². The van der Waals surface area contributed by atoms with Gasteiger partial charge in [-0.1, -0.05) is 27.2 Å².